The van der Waals surface area contributed by atoms with Crippen molar-refractivity contribution in [1.82, 2.24) is 0 Å². The molecule has 0 heterocycles. The number of thiocyanates is 1. The molecule has 3 heteroatoms. The minimum Gasteiger partial charge on any atom is -0.300 e. The van der Waals surface area contributed by atoms with Gasteiger partial charge in [0.05, 0.1) is 0 Å². The van der Waals surface area contributed by atoms with Crippen LogP contribution in [0.25, 0.3) is 0 Å². The van der Waals surface area contributed by atoms with Gasteiger partial charge in [-0.15, -0.1) is 0 Å². The van der Waals surface area contributed by atoms with Crippen molar-refractivity contribution in [2.45, 2.75) is 18.2 Å². The number of carbonyl (C=O) groups excluding carboxylic acids is 1. The van der Waals surface area contributed by atoms with Gasteiger partial charge >= 0.3 is 0 Å². The summed E-state index contributed by atoms with van der Waals surface area (Å²) in [4.78, 5) is 11.8. The van der Waals surface area contributed by atoms with Crippen LogP contribution in [0.15, 0.2) is 29.2 Å². The number of nitrogens with zero attached hydrogens (tertiary/aromatic N) is 1. The summed E-state index contributed by atoms with van der Waals surface area (Å²) in [7, 11) is 0. The molecule has 0 saturated heterocycles. The summed E-state index contributed by atoms with van der Waals surface area (Å²) in [5.41, 5.74) is 0.932. The molecule has 0 saturated carbocycles. The van der Waals surface area contributed by atoms with E-state index in [1.807, 2.05) is 29.7 Å². The topological polar surface area (TPSA) is 40.9 Å². The molecule has 2 nitrogen and oxygen atoms in total. The van der Waals surface area contributed by atoms with Crippen LogP contribution in [0.1, 0.15) is 12.5 Å². The lowest BCUT2D eigenvalue weighted by Gasteiger charge is -2.02. The van der Waals surface area contributed by atoms with Crippen LogP contribution < -0.4 is 0 Å². The lowest BCUT2D eigenvalue weighted by atomic mass is 10.1. The number of hydrogen-bond donors (Lipinski definition) is 0. The largest absolute Gasteiger partial charge is 0.300 e. The first-order valence-corrected chi connectivity index (χ1v) is 4.69. The van der Waals surface area contributed by atoms with E-state index in [9.17, 15) is 4.79 Å². The zero-order valence-corrected chi connectivity index (χ0v) is 8.10. The molecule has 0 aliphatic carbocycles. The maximum absolute atomic E-state index is 10.9. The molecule has 0 aliphatic rings. The van der Waals surface area contributed by atoms with Gasteiger partial charge in [-0.2, -0.15) is 5.26 Å². The molecule has 1 rings (SSSR count). The van der Waals surface area contributed by atoms with Crippen LogP contribution in [0.2, 0.25) is 0 Å². The number of Topliss-reactive ketones (excluding diaryl/α,β-unsaturated/α-hetero) is 1. The predicted molar refractivity (Wildman–Crippen MR) is 52.3 cm³/mol. The van der Waals surface area contributed by atoms with Crippen molar-refractivity contribution in [3.63, 3.8) is 0 Å². The van der Waals surface area contributed by atoms with Gasteiger partial charge in [0, 0.05) is 11.3 Å². The second kappa shape index (κ2) is 4.68. The normalized spacial score (nSPS) is 9.23. The first-order chi connectivity index (χ1) is 6.24. The fourth-order valence-electron chi connectivity index (χ4n) is 1.07. The number of ketones is 1. The molecule has 0 amide bonds. The monoisotopic (exact) mass is 191 g/mol. The van der Waals surface area contributed by atoms with E-state index in [-0.39, 0.29) is 5.78 Å². The van der Waals surface area contributed by atoms with E-state index >= 15 is 0 Å². The van der Waals surface area contributed by atoms with Gasteiger partial charge in [-0.25, -0.2) is 0 Å². The SMILES string of the molecule is CC(=O)Cc1ccccc1SC#N. The number of rotatable bonds is 3. The highest BCUT2D eigenvalue weighted by molar-refractivity contribution is 8.03. The molecular formula is C10H9NOS. The highest BCUT2D eigenvalue weighted by Gasteiger charge is 2.03. The average Bonchev–Trinajstić information content (AvgIpc) is 2.08. The van der Waals surface area contributed by atoms with Crippen molar-refractivity contribution in [2.75, 3.05) is 0 Å². The maximum atomic E-state index is 10.9. The Morgan fingerprint density at radius 3 is 2.85 bits per heavy atom. The van der Waals surface area contributed by atoms with Gasteiger partial charge in [0.2, 0.25) is 0 Å². The van der Waals surface area contributed by atoms with E-state index in [1.54, 1.807) is 6.92 Å². The molecule has 0 fully saturated rings. The van der Waals surface area contributed by atoms with Gasteiger partial charge in [-0.3, -0.25) is 4.79 Å². The molecule has 0 bridgehead atoms. The molecule has 66 valence electrons. The van der Waals surface area contributed by atoms with Crippen molar-refractivity contribution in [3.8, 4) is 5.40 Å². The third kappa shape index (κ3) is 2.92. The second-order valence-corrected chi connectivity index (χ2v) is 3.51. The summed E-state index contributed by atoms with van der Waals surface area (Å²) < 4.78 is 0. The van der Waals surface area contributed by atoms with Crippen molar-refractivity contribution in [2.24, 2.45) is 0 Å². The molecule has 1 aromatic rings. The number of hydrogen-bond acceptors (Lipinski definition) is 3. The Morgan fingerprint density at radius 1 is 1.54 bits per heavy atom. The van der Waals surface area contributed by atoms with Crippen LogP contribution in [0, 0.1) is 10.7 Å². The molecule has 0 atom stereocenters. The van der Waals surface area contributed by atoms with Gasteiger partial charge in [-0.05, 0) is 30.3 Å². The fourth-order valence-corrected chi connectivity index (χ4v) is 1.58. The Morgan fingerprint density at radius 2 is 2.23 bits per heavy atom. The summed E-state index contributed by atoms with van der Waals surface area (Å²) in [5, 5.41) is 10.5. The highest BCUT2D eigenvalue weighted by Crippen LogP contribution is 2.21. The van der Waals surface area contributed by atoms with Crippen molar-refractivity contribution < 1.29 is 4.79 Å². The Hall–Kier alpha value is -1.27. The van der Waals surface area contributed by atoms with Gasteiger partial charge in [0.25, 0.3) is 0 Å². The highest BCUT2D eigenvalue weighted by atomic mass is 32.2. The van der Waals surface area contributed by atoms with E-state index in [1.165, 1.54) is 0 Å². The maximum Gasteiger partial charge on any atom is 0.138 e. The fraction of sp³-hybridized carbons (Fsp3) is 0.200. The number of carbonyl (C=O) groups is 1. The van der Waals surface area contributed by atoms with Crippen molar-refractivity contribution >= 4 is 17.5 Å². The first-order valence-electron chi connectivity index (χ1n) is 3.87. The Kier molecular flexibility index (Phi) is 3.53. The number of nitriles is 1. The Labute approximate surface area is 81.6 Å². The molecule has 13 heavy (non-hydrogen) atoms. The molecular weight excluding hydrogens is 182 g/mol. The molecule has 0 aromatic heterocycles. The predicted octanol–water partition coefficient (Wildman–Crippen LogP) is 2.39. The summed E-state index contributed by atoms with van der Waals surface area (Å²) in [6.07, 6.45) is 0.408. The first kappa shape index (κ1) is 9.82. The second-order valence-electron chi connectivity index (χ2n) is 2.68. The molecule has 0 unspecified atom stereocenters. The summed E-state index contributed by atoms with van der Waals surface area (Å²) in [6, 6.07) is 7.47. The molecule has 0 radical (unpaired) electrons. The van der Waals surface area contributed by atoms with Crippen LogP contribution in [0.3, 0.4) is 0 Å². The zero-order chi connectivity index (χ0) is 9.68. The standard InChI is InChI=1S/C10H9NOS/c1-8(12)6-9-4-2-3-5-10(9)13-7-11/h2-5H,6H2,1H3. The van der Waals surface area contributed by atoms with E-state index in [0.29, 0.717) is 6.42 Å². The van der Waals surface area contributed by atoms with E-state index in [2.05, 4.69) is 0 Å². The van der Waals surface area contributed by atoms with Gasteiger partial charge in [-0.1, -0.05) is 18.2 Å². The third-order valence-electron chi connectivity index (χ3n) is 1.57. The van der Waals surface area contributed by atoms with Crippen LogP contribution >= 0.6 is 11.8 Å². The molecule has 0 spiro atoms. The van der Waals surface area contributed by atoms with E-state index in [0.717, 1.165) is 22.2 Å². The smallest absolute Gasteiger partial charge is 0.138 e. The van der Waals surface area contributed by atoms with Crippen LogP contribution in [-0.4, -0.2) is 5.78 Å². The zero-order valence-electron chi connectivity index (χ0n) is 7.28. The lowest BCUT2D eigenvalue weighted by Crippen LogP contribution is -1.97. The van der Waals surface area contributed by atoms with Crippen LogP contribution in [0.4, 0.5) is 0 Å². The van der Waals surface area contributed by atoms with Gasteiger partial charge < -0.3 is 0 Å². The third-order valence-corrected chi connectivity index (χ3v) is 2.28. The summed E-state index contributed by atoms with van der Waals surface area (Å²) in [6.45, 7) is 1.55. The van der Waals surface area contributed by atoms with Crippen molar-refractivity contribution in [3.05, 3.63) is 29.8 Å². The average molecular weight is 191 g/mol. The molecule has 0 N–H and O–H groups in total. The van der Waals surface area contributed by atoms with E-state index in [4.69, 9.17) is 5.26 Å². The molecule has 1 aromatic carbocycles. The van der Waals surface area contributed by atoms with E-state index < -0.39 is 0 Å². The Bertz CT molecular complexity index is 354. The van der Waals surface area contributed by atoms with Crippen molar-refractivity contribution in [1.29, 1.82) is 5.26 Å². The summed E-state index contributed by atoms with van der Waals surface area (Å²) in [5.74, 6) is 0.117. The minimum absolute atomic E-state index is 0.117. The van der Waals surface area contributed by atoms with Gasteiger partial charge in [0.1, 0.15) is 11.2 Å². The van der Waals surface area contributed by atoms with Crippen LogP contribution in [-0.2, 0) is 11.2 Å². The lowest BCUT2D eigenvalue weighted by molar-refractivity contribution is -0.116. The number of thioether (sulfide) groups is 1. The number of benzene rings is 1. The molecule has 0 aliphatic heterocycles. The minimum atomic E-state index is 0.117. The summed E-state index contributed by atoms with van der Waals surface area (Å²) >= 11 is 1.10. The quantitative estimate of drug-likeness (QED) is 0.544. The van der Waals surface area contributed by atoms with Gasteiger partial charge in [0.15, 0.2) is 0 Å². The Balaban J connectivity index is 2.92. The van der Waals surface area contributed by atoms with Crippen LogP contribution in [0.5, 0.6) is 0 Å².